The first-order valence-corrected chi connectivity index (χ1v) is 9.77. The van der Waals surface area contributed by atoms with Crippen LogP contribution in [0.3, 0.4) is 0 Å². The first-order chi connectivity index (χ1) is 13.6. The van der Waals surface area contributed by atoms with E-state index in [0.717, 1.165) is 32.7 Å². The Morgan fingerprint density at radius 2 is 1.82 bits per heavy atom. The lowest BCUT2D eigenvalue weighted by Gasteiger charge is -2.29. The van der Waals surface area contributed by atoms with Crippen LogP contribution in [0.4, 0.5) is 4.39 Å². The molecule has 6 heteroatoms. The summed E-state index contributed by atoms with van der Waals surface area (Å²) in [6.07, 6.45) is 1.43. The average Bonchev–Trinajstić information content (AvgIpc) is 3.02. The zero-order valence-corrected chi connectivity index (χ0v) is 15.9. The molecule has 0 aliphatic carbocycles. The summed E-state index contributed by atoms with van der Waals surface area (Å²) in [5.41, 5.74) is 1.37. The number of piperazine rings is 1. The van der Waals surface area contributed by atoms with Gasteiger partial charge in [0.25, 0.3) is 0 Å². The van der Waals surface area contributed by atoms with Gasteiger partial charge in [-0.1, -0.05) is 18.2 Å². The van der Waals surface area contributed by atoms with E-state index in [0.29, 0.717) is 29.0 Å². The number of phenols is 1. The van der Waals surface area contributed by atoms with Gasteiger partial charge >= 0.3 is 0 Å². The van der Waals surface area contributed by atoms with Gasteiger partial charge in [-0.3, -0.25) is 4.79 Å². The number of allylic oxidation sites excluding steroid dienone is 1. The van der Waals surface area contributed by atoms with Gasteiger partial charge in [-0.15, -0.1) is 0 Å². The summed E-state index contributed by atoms with van der Waals surface area (Å²) in [7, 11) is 0. The Bertz CT molecular complexity index is 933. The number of rotatable bonds is 4. The molecule has 1 fully saturated rings. The third kappa shape index (κ3) is 3.53. The molecule has 146 valence electrons. The van der Waals surface area contributed by atoms with E-state index in [2.05, 4.69) is 6.92 Å². The van der Waals surface area contributed by atoms with Gasteiger partial charge in [-0.05, 0) is 31.2 Å². The van der Waals surface area contributed by atoms with Crippen molar-refractivity contribution < 1.29 is 28.8 Å². The number of Topliss-reactive ketones (excluding diaryl/α,β-unsaturated/α-hetero) is 1. The van der Waals surface area contributed by atoms with Crippen LogP contribution in [0.5, 0.6) is 11.5 Å². The molecule has 0 aromatic heterocycles. The van der Waals surface area contributed by atoms with Gasteiger partial charge in [-0.2, -0.15) is 0 Å². The zero-order valence-electron chi connectivity index (χ0n) is 15.9. The normalized spacial score (nSPS) is 22.9. The molecule has 0 radical (unpaired) electrons. The number of phenolic OH excluding ortho intramolecular Hbond substituents is 1. The summed E-state index contributed by atoms with van der Waals surface area (Å²) in [6, 6.07) is 9.38. The second-order valence-corrected chi connectivity index (χ2v) is 7.43. The summed E-state index contributed by atoms with van der Waals surface area (Å²) < 4.78 is 19.8. The molecule has 2 aromatic carbocycles. The van der Waals surface area contributed by atoms with Crippen LogP contribution in [0.15, 0.2) is 42.2 Å². The molecule has 28 heavy (non-hydrogen) atoms. The van der Waals surface area contributed by atoms with Crippen LogP contribution in [0.25, 0.3) is 6.08 Å². The Kier molecular flexibility index (Phi) is 5.15. The number of ketones is 1. The number of benzene rings is 2. The van der Waals surface area contributed by atoms with Gasteiger partial charge in [0.1, 0.15) is 44.3 Å². The molecule has 0 spiro atoms. The predicted molar refractivity (Wildman–Crippen MR) is 103 cm³/mol. The fourth-order valence-electron chi connectivity index (χ4n) is 3.94. The van der Waals surface area contributed by atoms with Crippen molar-refractivity contribution in [2.75, 3.05) is 32.7 Å². The van der Waals surface area contributed by atoms with E-state index in [4.69, 9.17) is 4.74 Å². The molecular weight excluding hydrogens is 359 g/mol. The number of ether oxygens (including phenoxy) is 1. The summed E-state index contributed by atoms with van der Waals surface area (Å²) in [5, 5.41) is 10.4. The highest BCUT2D eigenvalue weighted by molar-refractivity contribution is 6.15. The van der Waals surface area contributed by atoms with Crippen molar-refractivity contribution >= 4 is 11.9 Å². The maximum absolute atomic E-state index is 14.0. The van der Waals surface area contributed by atoms with Crippen molar-refractivity contribution in [1.29, 1.82) is 0 Å². The van der Waals surface area contributed by atoms with Crippen LogP contribution >= 0.6 is 0 Å². The van der Waals surface area contributed by atoms with Crippen molar-refractivity contribution in [3.8, 4) is 11.5 Å². The molecule has 4 rings (SSSR count). The SMILES string of the molecule is CC[NH+]1CC[NH+](Cc2c(O)ccc3c2OC(=Cc2ccccc2F)C3=O)CC1. The Balaban J connectivity index is 1.60. The molecule has 0 bridgehead atoms. The van der Waals surface area contributed by atoms with E-state index in [-0.39, 0.29) is 17.3 Å². The number of carbonyl (C=O) groups excluding carboxylic acids is 1. The molecule has 0 atom stereocenters. The van der Waals surface area contributed by atoms with Gasteiger partial charge in [-0.25, -0.2) is 4.39 Å². The minimum Gasteiger partial charge on any atom is -0.507 e. The fourth-order valence-corrected chi connectivity index (χ4v) is 3.94. The van der Waals surface area contributed by atoms with Crippen molar-refractivity contribution in [2.45, 2.75) is 13.5 Å². The summed E-state index contributed by atoms with van der Waals surface area (Å²) in [4.78, 5) is 15.7. The molecule has 2 heterocycles. The molecule has 2 aliphatic rings. The van der Waals surface area contributed by atoms with E-state index in [1.165, 1.54) is 17.0 Å². The smallest absolute Gasteiger partial charge is 0.231 e. The molecule has 0 unspecified atom stereocenters. The first kappa shape index (κ1) is 18.7. The van der Waals surface area contributed by atoms with Crippen molar-refractivity contribution in [2.24, 2.45) is 0 Å². The van der Waals surface area contributed by atoms with Gasteiger partial charge in [0.15, 0.2) is 11.5 Å². The quantitative estimate of drug-likeness (QED) is 0.671. The topological polar surface area (TPSA) is 55.4 Å². The van der Waals surface area contributed by atoms with E-state index < -0.39 is 5.82 Å². The zero-order chi connectivity index (χ0) is 19.7. The number of likely N-dealkylation sites (N-methyl/N-ethyl adjacent to an activating group) is 1. The molecule has 2 aromatic rings. The van der Waals surface area contributed by atoms with Crippen LogP contribution in [0, 0.1) is 5.82 Å². The van der Waals surface area contributed by atoms with E-state index in [1.54, 1.807) is 35.2 Å². The lowest BCUT2D eigenvalue weighted by Crippen LogP contribution is -3.27. The molecule has 1 saturated heterocycles. The maximum atomic E-state index is 14.0. The third-order valence-corrected chi connectivity index (χ3v) is 5.70. The minimum atomic E-state index is -0.411. The number of hydrogen-bond donors (Lipinski definition) is 3. The highest BCUT2D eigenvalue weighted by atomic mass is 19.1. The van der Waals surface area contributed by atoms with E-state index in [1.807, 2.05) is 0 Å². The lowest BCUT2D eigenvalue weighted by atomic mass is 10.0. The number of fused-ring (bicyclic) bond motifs is 1. The monoisotopic (exact) mass is 384 g/mol. The Labute approximate surface area is 163 Å². The number of aromatic hydroxyl groups is 1. The van der Waals surface area contributed by atoms with Gasteiger partial charge < -0.3 is 19.6 Å². The van der Waals surface area contributed by atoms with Gasteiger partial charge in [0, 0.05) is 5.56 Å². The standard InChI is InChI=1S/C22H23FN2O3/c1-2-24-9-11-25(12-10-24)14-17-19(26)8-7-16-21(27)20(28-22(16)17)13-15-5-3-4-6-18(15)23/h3-8,13,26H,2,9-12,14H2,1H3/p+2. The summed E-state index contributed by atoms with van der Waals surface area (Å²) in [5.74, 6) is -0.0649. The summed E-state index contributed by atoms with van der Waals surface area (Å²) in [6.45, 7) is 8.14. The van der Waals surface area contributed by atoms with Gasteiger partial charge in [0.2, 0.25) is 5.78 Å². The van der Waals surface area contributed by atoms with Crippen LogP contribution < -0.4 is 14.5 Å². The second kappa shape index (κ2) is 7.73. The third-order valence-electron chi connectivity index (χ3n) is 5.70. The number of halogens is 1. The molecule has 0 saturated carbocycles. The second-order valence-electron chi connectivity index (χ2n) is 7.43. The maximum Gasteiger partial charge on any atom is 0.231 e. The van der Waals surface area contributed by atoms with E-state index >= 15 is 0 Å². The van der Waals surface area contributed by atoms with Crippen molar-refractivity contribution in [1.82, 2.24) is 0 Å². The number of quaternary nitrogens is 2. The van der Waals surface area contributed by atoms with Crippen LogP contribution in [-0.2, 0) is 6.54 Å². The Morgan fingerprint density at radius 1 is 1.11 bits per heavy atom. The molecular formula is C22H25FN2O3+2. The minimum absolute atomic E-state index is 0.0854. The van der Waals surface area contributed by atoms with Crippen LogP contribution in [-0.4, -0.2) is 43.6 Å². The summed E-state index contributed by atoms with van der Waals surface area (Å²) >= 11 is 0. The lowest BCUT2D eigenvalue weighted by molar-refractivity contribution is -1.02. The first-order valence-electron chi connectivity index (χ1n) is 9.77. The number of nitrogens with one attached hydrogen (secondary N) is 2. The van der Waals surface area contributed by atoms with Crippen molar-refractivity contribution in [3.05, 3.63) is 64.7 Å². The number of hydrogen-bond acceptors (Lipinski definition) is 3. The molecule has 0 amide bonds. The van der Waals surface area contributed by atoms with Crippen molar-refractivity contribution in [3.63, 3.8) is 0 Å². The average molecular weight is 384 g/mol. The highest BCUT2D eigenvalue weighted by Gasteiger charge is 2.33. The van der Waals surface area contributed by atoms with Crippen LogP contribution in [0.1, 0.15) is 28.4 Å². The molecule has 5 nitrogen and oxygen atoms in total. The largest absolute Gasteiger partial charge is 0.507 e. The van der Waals surface area contributed by atoms with Crippen LogP contribution in [0.2, 0.25) is 0 Å². The molecule has 2 aliphatic heterocycles. The fraction of sp³-hybridized carbons (Fsp3) is 0.318. The Morgan fingerprint density at radius 3 is 2.54 bits per heavy atom. The Hall–Kier alpha value is -2.70. The predicted octanol–water partition coefficient (Wildman–Crippen LogP) is 0.451. The van der Waals surface area contributed by atoms with Gasteiger partial charge in [0.05, 0.1) is 17.7 Å². The highest BCUT2D eigenvalue weighted by Crippen LogP contribution is 2.39. The molecule has 3 N–H and O–H groups in total. The number of carbonyl (C=O) groups is 1. The van der Waals surface area contributed by atoms with E-state index in [9.17, 15) is 14.3 Å².